The number of nitrogens with zero attached hydrogens (tertiary/aromatic N) is 1. The SMILES string of the molecule is O=C(O)CCCn1cc(CC(=O)O)c2c(OCc3ccc(OCCCCc4ccccc4)cc3)cccc21. The van der Waals surface area contributed by atoms with E-state index in [1.54, 1.807) is 6.20 Å². The zero-order chi connectivity index (χ0) is 26.7. The van der Waals surface area contributed by atoms with Gasteiger partial charge in [-0.3, -0.25) is 9.59 Å². The van der Waals surface area contributed by atoms with Crippen LogP contribution < -0.4 is 9.47 Å². The number of carbonyl (C=O) groups is 2. The largest absolute Gasteiger partial charge is 0.494 e. The molecule has 2 N–H and O–H groups in total. The van der Waals surface area contributed by atoms with Crippen LogP contribution in [0, 0.1) is 0 Å². The van der Waals surface area contributed by atoms with Crippen LogP contribution in [0.15, 0.2) is 79.0 Å². The molecule has 0 saturated heterocycles. The normalized spacial score (nSPS) is 10.9. The van der Waals surface area contributed by atoms with E-state index in [4.69, 9.17) is 14.6 Å². The number of hydrogen-bond donors (Lipinski definition) is 2. The fraction of sp³-hybridized carbons (Fsp3) is 0.290. The van der Waals surface area contributed by atoms with Crippen molar-refractivity contribution in [1.29, 1.82) is 0 Å². The highest BCUT2D eigenvalue weighted by Crippen LogP contribution is 2.32. The lowest BCUT2D eigenvalue weighted by Crippen LogP contribution is -2.01. The van der Waals surface area contributed by atoms with Crippen molar-refractivity contribution in [2.75, 3.05) is 6.61 Å². The first-order valence-electron chi connectivity index (χ1n) is 12.9. The van der Waals surface area contributed by atoms with Crippen molar-refractivity contribution in [3.63, 3.8) is 0 Å². The molecule has 0 aliphatic rings. The molecule has 0 atom stereocenters. The summed E-state index contributed by atoms with van der Waals surface area (Å²) in [6.45, 7) is 1.48. The van der Waals surface area contributed by atoms with Gasteiger partial charge in [-0.1, -0.05) is 48.5 Å². The number of ether oxygens (including phenoxy) is 2. The number of rotatable bonds is 15. The Morgan fingerprint density at radius 3 is 2.29 bits per heavy atom. The Labute approximate surface area is 222 Å². The van der Waals surface area contributed by atoms with Gasteiger partial charge in [0.25, 0.3) is 0 Å². The Balaban J connectivity index is 1.34. The molecule has 38 heavy (non-hydrogen) atoms. The van der Waals surface area contributed by atoms with Gasteiger partial charge in [-0.2, -0.15) is 0 Å². The predicted molar refractivity (Wildman–Crippen MR) is 146 cm³/mol. The van der Waals surface area contributed by atoms with Crippen LogP contribution in [0.3, 0.4) is 0 Å². The predicted octanol–water partition coefficient (Wildman–Crippen LogP) is 6.11. The van der Waals surface area contributed by atoms with E-state index in [1.165, 1.54) is 5.56 Å². The second-order valence-corrected chi connectivity index (χ2v) is 9.29. The van der Waals surface area contributed by atoms with Crippen molar-refractivity contribution < 1.29 is 29.3 Å². The van der Waals surface area contributed by atoms with Gasteiger partial charge in [-0.05, 0) is 66.6 Å². The molecule has 0 unspecified atom stereocenters. The minimum absolute atomic E-state index is 0.0531. The van der Waals surface area contributed by atoms with Gasteiger partial charge in [0.1, 0.15) is 18.1 Å². The number of benzene rings is 3. The number of unbranched alkanes of at least 4 members (excludes halogenated alkanes) is 1. The van der Waals surface area contributed by atoms with Crippen LogP contribution in [0.4, 0.5) is 0 Å². The van der Waals surface area contributed by atoms with Crippen molar-refractivity contribution >= 4 is 22.8 Å². The Morgan fingerprint density at radius 1 is 0.763 bits per heavy atom. The topological polar surface area (TPSA) is 98.0 Å². The fourth-order valence-corrected chi connectivity index (χ4v) is 4.52. The third-order valence-corrected chi connectivity index (χ3v) is 6.37. The third-order valence-electron chi connectivity index (χ3n) is 6.37. The molecule has 7 heteroatoms. The highest BCUT2D eigenvalue weighted by Gasteiger charge is 2.16. The summed E-state index contributed by atoms with van der Waals surface area (Å²) < 4.78 is 13.9. The van der Waals surface area contributed by atoms with Crippen LogP contribution in [0.5, 0.6) is 11.5 Å². The average Bonchev–Trinajstić information content (AvgIpc) is 3.25. The number of hydrogen-bond acceptors (Lipinski definition) is 4. The van der Waals surface area contributed by atoms with Crippen LogP contribution in [0.1, 0.15) is 42.4 Å². The third kappa shape index (κ3) is 7.62. The monoisotopic (exact) mass is 515 g/mol. The Kier molecular flexibility index (Phi) is 9.40. The summed E-state index contributed by atoms with van der Waals surface area (Å²) in [6, 6.07) is 23.9. The van der Waals surface area contributed by atoms with Crippen molar-refractivity contribution in [2.45, 2.75) is 51.7 Å². The molecule has 198 valence electrons. The molecule has 0 saturated carbocycles. The van der Waals surface area contributed by atoms with Gasteiger partial charge in [0.05, 0.1) is 18.5 Å². The molecule has 4 rings (SSSR count). The van der Waals surface area contributed by atoms with E-state index in [9.17, 15) is 14.7 Å². The van der Waals surface area contributed by atoms with Crippen LogP contribution in [0.2, 0.25) is 0 Å². The first kappa shape index (κ1) is 26.8. The summed E-state index contributed by atoms with van der Waals surface area (Å²) in [7, 11) is 0. The van der Waals surface area contributed by atoms with E-state index in [0.717, 1.165) is 41.5 Å². The first-order valence-corrected chi connectivity index (χ1v) is 12.9. The first-order chi connectivity index (χ1) is 18.5. The van der Waals surface area contributed by atoms with Gasteiger partial charge >= 0.3 is 11.9 Å². The van der Waals surface area contributed by atoms with Gasteiger partial charge < -0.3 is 24.3 Å². The summed E-state index contributed by atoms with van der Waals surface area (Å²) in [5.74, 6) is -0.358. The zero-order valence-electron chi connectivity index (χ0n) is 21.3. The van der Waals surface area contributed by atoms with E-state index in [-0.39, 0.29) is 12.8 Å². The van der Waals surface area contributed by atoms with E-state index in [0.29, 0.717) is 37.5 Å². The van der Waals surface area contributed by atoms with E-state index >= 15 is 0 Å². The van der Waals surface area contributed by atoms with Gasteiger partial charge in [0.15, 0.2) is 0 Å². The molecule has 4 aromatic rings. The molecular weight excluding hydrogens is 482 g/mol. The second kappa shape index (κ2) is 13.3. The second-order valence-electron chi connectivity index (χ2n) is 9.29. The number of aliphatic carboxylic acids is 2. The smallest absolute Gasteiger partial charge is 0.307 e. The van der Waals surface area contributed by atoms with Gasteiger partial charge in [0.2, 0.25) is 0 Å². The van der Waals surface area contributed by atoms with Crippen molar-refractivity contribution in [2.24, 2.45) is 0 Å². The molecule has 0 spiro atoms. The highest BCUT2D eigenvalue weighted by atomic mass is 16.5. The molecule has 0 amide bonds. The maximum absolute atomic E-state index is 11.5. The van der Waals surface area contributed by atoms with Crippen LogP contribution in [0.25, 0.3) is 10.9 Å². The summed E-state index contributed by atoms with van der Waals surface area (Å²) >= 11 is 0. The number of aromatic nitrogens is 1. The average molecular weight is 516 g/mol. The molecule has 1 aromatic heterocycles. The fourth-order valence-electron chi connectivity index (χ4n) is 4.52. The van der Waals surface area contributed by atoms with Crippen LogP contribution in [-0.4, -0.2) is 33.3 Å². The van der Waals surface area contributed by atoms with Crippen molar-refractivity contribution in [3.8, 4) is 11.5 Å². The molecule has 0 aliphatic heterocycles. The maximum Gasteiger partial charge on any atom is 0.307 e. The molecule has 0 fully saturated rings. The Hall–Kier alpha value is -4.26. The minimum atomic E-state index is -0.931. The number of carboxylic acid groups (broad SMARTS) is 2. The Morgan fingerprint density at radius 2 is 1.55 bits per heavy atom. The lowest BCUT2D eigenvalue weighted by Gasteiger charge is -2.11. The number of carboxylic acids is 2. The van der Waals surface area contributed by atoms with E-state index in [1.807, 2.05) is 53.1 Å². The molecule has 1 heterocycles. The van der Waals surface area contributed by atoms with Gasteiger partial charge in [-0.15, -0.1) is 0 Å². The highest BCUT2D eigenvalue weighted by molar-refractivity contribution is 5.92. The lowest BCUT2D eigenvalue weighted by molar-refractivity contribution is -0.137. The molecule has 0 bridgehead atoms. The number of aryl methyl sites for hydroxylation is 2. The zero-order valence-corrected chi connectivity index (χ0v) is 21.3. The van der Waals surface area contributed by atoms with Gasteiger partial charge in [-0.25, -0.2) is 0 Å². The summed E-state index contributed by atoms with van der Waals surface area (Å²) in [5, 5.41) is 19.1. The minimum Gasteiger partial charge on any atom is -0.494 e. The number of fused-ring (bicyclic) bond motifs is 1. The standard InChI is InChI=1S/C31H33NO6/c33-29(34)13-7-18-32-21-25(20-30(35)36)31-27(32)11-6-12-28(31)38-22-24-14-16-26(17-15-24)37-19-5-4-10-23-8-2-1-3-9-23/h1-3,6,8-9,11-12,14-17,21H,4-5,7,10,13,18-20,22H2,(H,33,34)(H,35,36). The van der Waals surface area contributed by atoms with Gasteiger partial charge in [0, 0.05) is 24.5 Å². The summed E-state index contributed by atoms with van der Waals surface area (Å²) in [5.41, 5.74) is 3.80. The van der Waals surface area contributed by atoms with Crippen LogP contribution >= 0.6 is 0 Å². The van der Waals surface area contributed by atoms with E-state index < -0.39 is 11.9 Å². The quantitative estimate of drug-likeness (QED) is 0.185. The molecular formula is C31H33NO6. The van der Waals surface area contributed by atoms with Crippen molar-refractivity contribution in [1.82, 2.24) is 4.57 Å². The summed E-state index contributed by atoms with van der Waals surface area (Å²) in [6.07, 6.45) is 5.27. The molecule has 7 nitrogen and oxygen atoms in total. The van der Waals surface area contributed by atoms with E-state index in [2.05, 4.69) is 24.3 Å². The summed E-state index contributed by atoms with van der Waals surface area (Å²) in [4.78, 5) is 22.4. The van der Waals surface area contributed by atoms with Crippen molar-refractivity contribution in [3.05, 3.63) is 95.7 Å². The maximum atomic E-state index is 11.5. The molecule has 0 aliphatic carbocycles. The lowest BCUT2D eigenvalue weighted by atomic mass is 10.1. The molecule has 0 radical (unpaired) electrons. The molecule has 3 aromatic carbocycles. The van der Waals surface area contributed by atoms with Crippen LogP contribution in [-0.2, 0) is 35.6 Å². The Bertz CT molecular complexity index is 1340.